The molecule has 1 aliphatic carbocycles. The Balaban J connectivity index is 0.000000845. The third-order valence-electron chi connectivity index (χ3n) is 2.29. The molecular weight excluding hydrogens is 251 g/mol. The first-order chi connectivity index (χ1) is 5.75. The first kappa shape index (κ1) is 10.7. The lowest BCUT2D eigenvalue weighted by atomic mass is 9.79. The zero-order valence-corrected chi connectivity index (χ0v) is 9.31. The minimum absolute atomic E-state index is 0. The average molecular weight is 261 g/mol. The number of hydrogen-bond acceptors (Lipinski definition) is 1. The van der Waals surface area contributed by atoms with E-state index in [1.165, 1.54) is 5.56 Å². The molecule has 1 saturated carbocycles. The van der Waals surface area contributed by atoms with E-state index in [9.17, 15) is 4.79 Å². The Morgan fingerprint density at radius 2 is 1.69 bits per heavy atom. The molecule has 0 saturated heterocycles. The van der Waals surface area contributed by atoms with Crippen LogP contribution in [0.25, 0.3) is 0 Å². The topological polar surface area (TPSA) is 17.1 Å². The van der Waals surface area contributed by atoms with Gasteiger partial charge in [0.25, 0.3) is 0 Å². The van der Waals surface area contributed by atoms with Crippen LogP contribution in [-0.2, 0) is 4.79 Å². The van der Waals surface area contributed by atoms with Crippen LogP contribution in [0.3, 0.4) is 0 Å². The number of hydrogen-bond donors (Lipinski definition) is 0. The van der Waals surface area contributed by atoms with E-state index < -0.39 is 0 Å². The predicted octanol–water partition coefficient (Wildman–Crippen LogP) is -0.100. The van der Waals surface area contributed by atoms with E-state index in [1.807, 2.05) is 12.1 Å². The SMILES string of the molecule is O=C1CC(c2ccc(Br)cc2)C1.[Cl-]. The smallest absolute Gasteiger partial charge is 0.134 e. The van der Waals surface area contributed by atoms with Crippen LogP contribution < -0.4 is 12.4 Å². The van der Waals surface area contributed by atoms with E-state index in [0.29, 0.717) is 11.7 Å². The van der Waals surface area contributed by atoms with Crippen molar-refractivity contribution in [3.63, 3.8) is 0 Å². The first-order valence-corrected chi connectivity index (χ1v) is 4.82. The predicted molar refractivity (Wildman–Crippen MR) is 51.1 cm³/mol. The highest BCUT2D eigenvalue weighted by Gasteiger charge is 2.27. The van der Waals surface area contributed by atoms with Gasteiger partial charge >= 0.3 is 0 Å². The van der Waals surface area contributed by atoms with E-state index in [1.54, 1.807) is 0 Å². The Hall–Kier alpha value is -0.340. The Morgan fingerprint density at radius 1 is 1.15 bits per heavy atom. The van der Waals surface area contributed by atoms with Crippen LogP contribution in [0.4, 0.5) is 0 Å². The monoisotopic (exact) mass is 259 g/mol. The van der Waals surface area contributed by atoms with Gasteiger partial charge in [-0.15, -0.1) is 0 Å². The summed E-state index contributed by atoms with van der Waals surface area (Å²) in [6.07, 6.45) is 1.48. The number of ketones is 1. The minimum Gasteiger partial charge on any atom is -1.00 e. The van der Waals surface area contributed by atoms with E-state index >= 15 is 0 Å². The largest absolute Gasteiger partial charge is 1.00 e. The molecule has 3 heteroatoms. The Morgan fingerprint density at radius 3 is 2.15 bits per heavy atom. The molecule has 13 heavy (non-hydrogen) atoms. The summed E-state index contributed by atoms with van der Waals surface area (Å²) >= 11 is 3.38. The Labute approximate surface area is 92.1 Å². The zero-order chi connectivity index (χ0) is 8.55. The summed E-state index contributed by atoms with van der Waals surface area (Å²) in [5.41, 5.74) is 1.29. The normalized spacial score (nSPS) is 16.2. The van der Waals surface area contributed by atoms with Crippen LogP contribution in [0.2, 0.25) is 0 Å². The van der Waals surface area contributed by atoms with Gasteiger partial charge in [0.15, 0.2) is 0 Å². The maximum atomic E-state index is 10.7. The molecule has 0 spiro atoms. The summed E-state index contributed by atoms with van der Waals surface area (Å²) in [5, 5.41) is 0. The molecular formula is C10H9BrClO-. The van der Waals surface area contributed by atoms with Crippen molar-refractivity contribution in [1.29, 1.82) is 0 Å². The fourth-order valence-electron chi connectivity index (χ4n) is 1.46. The lowest BCUT2D eigenvalue weighted by Crippen LogP contribution is -3.00. The maximum absolute atomic E-state index is 10.7. The van der Waals surface area contributed by atoms with Crippen LogP contribution in [0, 0.1) is 0 Å². The van der Waals surface area contributed by atoms with Crippen molar-refractivity contribution < 1.29 is 17.2 Å². The maximum Gasteiger partial charge on any atom is 0.134 e. The van der Waals surface area contributed by atoms with E-state index in [0.717, 1.165) is 17.3 Å². The highest BCUT2D eigenvalue weighted by molar-refractivity contribution is 9.10. The van der Waals surface area contributed by atoms with Crippen LogP contribution in [-0.4, -0.2) is 5.78 Å². The quantitative estimate of drug-likeness (QED) is 0.689. The number of rotatable bonds is 1. The minimum atomic E-state index is 0. The molecule has 0 radical (unpaired) electrons. The molecule has 0 aliphatic heterocycles. The van der Waals surface area contributed by atoms with Gasteiger partial charge in [-0.3, -0.25) is 4.79 Å². The van der Waals surface area contributed by atoms with Gasteiger partial charge in [-0.1, -0.05) is 28.1 Å². The van der Waals surface area contributed by atoms with Crippen molar-refractivity contribution in [3.8, 4) is 0 Å². The molecule has 1 fully saturated rings. The molecule has 1 aromatic carbocycles. The Kier molecular flexibility index (Phi) is 3.51. The van der Waals surface area contributed by atoms with Gasteiger partial charge in [-0.05, 0) is 23.6 Å². The summed E-state index contributed by atoms with van der Waals surface area (Å²) in [5.74, 6) is 0.883. The van der Waals surface area contributed by atoms with Gasteiger partial charge in [-0.2, -0.15) is 0 Å². The van der Waals surface area contributed by atoms with Crippen molar-refractivity contribution in [2.45, 2.75) is 18.8 Å². The van der Waals surface area contributed by atoms with Gasteiger partial charge in [-0.25, -0.2) is 0 Å². The number of benzene rings is 1. The molecule has 70 valence electrons. The molecule has 0 aromatic heterocycles. The van der Waals surface area contributed by atoms with Crippen molar-refractivity contribution in [3.05, 3.63) is 34.3 Å². The van der Waals surface area contributed by atoms with Crippen molar-refractivity contribution in [1.82, 2.24) is 0 Å². The molecule has 0 amide bonds. The summed E-state index contributed by atoms with van der Waals surface area (Å²) in [4.78, 5) is 10.7. The number of halogens is 2. The van der Waals surface area contributed by atoms with Crippen LogP contribution in [0.15, 0.2) is 28.7 Å². The highest BCUT2D eigenvalue weighted by atomic mass is 79.9. The molecule has 1 aliphatic rings. The van der Waals surface area contributed by atoms with Gasteiger partial charge < -0.3 is 12.4 Å². The second kappa shape index (κ2) is 4.25. The average Bonchev–Trinajstić information content (AvgIpc) is 2.01. The second-order valence-electron chi connectivity index (χ2n) is 3.20. The summed E-state index contributed by atoms with van der Waals surface area (Å²) in [6, 6.07) is 8.22. The van der Waals surface area contributed by atoms with Crippen LogP contribution in [0.5, 0.6) is 0 Å². The molecule has 0 atom stereocenters. The van der Waals surface area contributed by atoms with Crippen molar-refractivity contribution in [2.75, 3.05) is 0 Å². The van der Waals surface area contributed by atoms with Gasteiger partial charge in [0.1, 0.15) is 5.78 Å². The molecule has 1 nitrogen and oxygen atoms in total. The summed E-state index contributed by atoms with van der Waals surface area (Å²) < 4.78 is 1.09. The fourth-order valence-corrected chi connectivity index (χ4v) is 1.72. The van der Waals surface area contributed by atoms with E-state index in [-0.39, 0.29) is 12.4 Å². The molecule has 0 unspecified atom stereocenters. The number of carbonyl (C=O) groups excluding carboxylic acids is 1. The Bertz CT molecular complexity index is 299. The highest BCUT2D eigenvalue weighted by Crippen LogP contribution is 2.33. The third kappa shape index (κ3) is 2.32. The van der Waals surface area contributed by atoms with E-state index in [2.05, 4.69) is 28.1 Å². The zero-order valence-electron chi connectivity index (χ0n) is 6.97. The van der Waals surface area contributed by atoms with Crippen LogP contribution >= 0.6 is 15.9 Å². The second-order valence-corrected chi connectivity index (χ2v) is 4.11. The van der Waals surface area contributed by atoms with Crippen molar-refractivity contribution >= 4 is 21.7 Å². The fraction of sp³-hybridized carbons (Fsp3) is 0.300. The summed E-state index contributed by atoms with van der Waals surface area (Å²) in [6.45, 7) is 0. The molecule has 0 bridgehead atoms. The molecule has 2 rings (SSSR count). The van der Waals surface area contributed by atoms with Gasteiger partial charge in [0.2, 0.25) is 0 Å². The summed E-state index contributed by atoms with van der Waals surface area (Å²) in [7, 11) is 0. The lowest BCUT2D eigenvalue weighted by Gasteiger charge is -2.24. The molecule has 0 N–H and O–H groups in total. The lowest BCUT2D eigenvalue weighted by molar-refractivity contribution is -0.124. The number of carbonyl (C=O) groups is 1. The molecule has 0 heterocycles. The van der Waals surface area contributed by atoms with E-state index in [4.69, 9.17) is 0 Å². The van der Waals surface area contributed by atoms with Crippen molar-refractivity contribution in [2.24, 2.45) is 0 Å². The number of Topliss-reactive ketones (excluding diaryl/α,β-unsaturated/α-hetero) is 1. The van der Waals surface area contributed by atoms with Gasteiger partial charge in [0, 0.05) is 17.3 Å². The molecule has 1 aromatic rings. The van der Waals surface area contributed by atoms with Crippen LogP contribution in [0.1, 0.15) is 24.3 Å². The third-order valence-corrected chi connectivity index (χ3v) is 2.82. The van der Waals surface area contributed by atoms with Gasteiger partial charge in [0.05, 0.1) is 0 Å². The first-order valence-electron chi connectivity index (χ1n) is 4.03. The standard InChI is InChI=1S/C10H9BrO.ClH/c11-9-3-1-7(2-4-9)8-5-10(12)6-8;/h1-4,8H,5-6H2;1H/p-1.